The average Bonchev–Trinajstić information content (AvgIpc) is 3.23. The van der Waals surface area contributed by atoms with Gasteiger partial charge in [-0.3, -0.25) is 9.69 Å². The number of thiophene rings is 1. The highest BCUT2D eigenvalue weighted by Gasteiger charge is 2.22. The van der Waals surface area contributed by atoms with E-state index in [-0.39, 0.29) is 5.56 Å². The van der Waals surface area contributed by atoms with Gasteiger partial charge in [-0.15, -0.1) is 11.3 Å². The molecule has 3 heterocycles. The molecule has 0 bridgehead atoms. The van der Waals surface area contributed by atoms with E-state index in [1.54, 1.807) is 0 Å². The summed E-state index contributed by atoms with van der Waals surface area (Å²) in [5.41, 5.74) is 10.2. The third-order valence-corrected chi connectivity index (χ3v) is 6.56. The molecule has 0 saturated carbocycles. The van der Waals surface area contributed by atoms with Gasteiger partial charge in [0.1, 0.15) is 5.82 Å². The number of anilines is 1. The van der Waals surface area contributed by atoms with E-state index in [0.717, 1.165) is 36.3 Å². The fourth-order valence-electron chi connectivity index (χ4n) is 3.85. The van der Waals surface area contributed by atoms with Gasteiger partial charge in [-0.25, -0.2) is 4.98 Å². The number of H-pyrrole nitrogens is 1. The maximum absolute atomic E-state index is 12.6. The van der Waals surface area contributed by atoms with E-state index in [0.29, 0.717) is 18.1 Å². The molecule has 0 radical (unpaired) electrons. The summed E-state index contributed by atoms with van der Waals surface area (Å²) in [6.07, 6.45) is 0.719. The largest absolute Gasteiger partial charge is 0.399 e. The Balaban J connectivity index is 1.36. The minimum Gasteiger partial charge on any atom is -0.399 e. The maximum Gasteiger partial charge on any atom is 0.254 e. The van der Waals surface area contributed by atoms with E-state index >= 15 is 0 Å². The van der Waals surface area contributed by atoms with Crippen LogP contribution in [0.4, 0.5) is 5.69 Å². The van der Waals surface area contributed by atoms with Crippen molar-refractivity contribution in [2.45, 2.75) is 19.5 Å². The molecule has 0 fully saturated rings. The molecule has 0 amide bonds. The summed E-state index contributed by atoms with van der Waals surface area (Å²) in [6, 6.07) is 22.3. The Morgan fingerprint density at radius 3 is 2.60 bits per heavy atom. The van der Waals surface area contributed by atoms with Crippen LogP contribution in [0.25, 0.3) is 21.8 Å². The van der Waals surface area contributed by atoms with E-state index in [1.807, 2.05) is 41.7 Å². The van der Waals surface area contributed by atoms with Gasteiger partial charge in [0.25, 0.3) is 5.56 Å². The van der Waals surface area contributed by atoms with Crippen LogP contribution in [0.15, 0.2) is 71.5 Å². The molecule has 2 aromatic heterocycles. The van der Waals surface area contributed by atoms with Crippen LogP contribution >= 0.6 is 11.3 Å². The molecule has 5 rings (SSSR count). The number of fused-ring (bicyclic) bond motifs is 1. The Hall–Kier alpha value is -3.22. The van der Waals surface area contributed by atoms with Crippen molar-refractivity contribution in [1.82, 2.24) is 14.9 Å². The van der Waals surface area contributed by atoms with Crippen molar-refractivity contribution >= 4 is 17.0 Å². The predicted octanol–water partition coefficient (Wildman–Crippen LogP) is 4.31. The van der Waals surface area contributed by atoms with Crippen LogP contribution in [0.3, 0.4) is 0 Å². The molecule has 1 aliphatic rings. The third-order valence-electron chi connectivity index (χ3n) is 5.44. The number of hydrogen-bond donors (Lipinski definition) is 2. The predicted molar refractivity (Wildman–Crippen MR) is 122 cm³/mol. The summed E-state index contributed by atoms with van der Waals surface area (Å²) in [4.78, 5) is 25.3. The Labute approximate surface area is 178 Å². The minimum absolute atomic E-state index is 0.0334. The van der Waals surface area contributed by atoms with Gasteiger partial charge in [0.05, 0.1) is 5.69 Å². The van der Waals surface area contributed by atoms with Gasteiger partial charge >= 0.3 is 0 Å². The number of nitrogens with two attached hydrogens (primary N) is 1. The summed E-state index contributed by atoms with van der Waals surface area (Å²) in [5, 5.41) is 0. The molecular weight excluding hydrogens is 392 g/mol. The SMILES string of the molecule is Nc1ccc(-c2nc3c(c(=O)[nH]2)CCN(Cc2ccc(-c4ccccc4)s2)C3)cc1. The molecule has 0 unspecified atom stereocenters. The zero-order valence-corrected chi connectivity index (χ0v) is 17.3. The Morgan fingerprint density at radius 2 is 1.80 bits per heavy atom. The smallest absolute Gasteiger partial charge is 0.254 e. The van der Waals surface area contributed by atoms with Crippen molar-refractivity contribution in [1.29, 1.82) is 0 Å². The number of aromatic nitrogens is 2. The molecular formula is C24H22N4OS. The number of benzene rings is 2. The monoisotopic (exact) mass is 414 g/mol. The molecule has 0 saturated heterocycles. The quantitative estimate of drug-likeness (QED) is 0.488. The van der Waals surface area contributed by atoms with Crippen LogP contribution in [0.2, 0.25) is 0 Å². The lowest BCUT2D eigenvalue weighted by Crippen LogP contribution is -2.34. The van der Waals surface area contributed by atoms with Crippen LogP contribution in [0, 0.1) is 0 Å². The minimum atomic E-state index is -0.0334. The third kappa shape index (κ3) is 3.79. The number of nitrogens with zero attached hydrogens (tertiary/aromatic N) is 2. The first-order chi connectivity index (χ1) is 14.7. The Bertz CT molecular complexity index is 1230. The fraction of sp³-hybridized carbons (Fsp3) is 0.167. The first-order valence-electron chi connectivity index (χ1n) is 10.0. The second-order valence-corrected chi connectivity index (χ2v) is 8.72. The molecule has 0 aliphatic carbocycles. The van der Waals surface area contributed by atoms with Crippen LogP contribution in [0.1, 0.15) is 16.1 Å². The zero-order valence-electron chi connectivity index (χ0n) is 16.5. The zero-order chi connectivity index (χ0) is 20.5. The molecule has 0 atom stereocenters. The molecule has 30 heavy (non-hydrogen) atoms. The topological polar surface area (TPSA) is 75.0 Å². The molecule has 0 spiro atoms. The molecule has 5 nitrogen and oxygen atoms in total. The summed E-state index contributed by atoms with van der Waals surface area (Å²) in [6.45, 7) is 2.40. The van der Waals surface area contributed by atoms with Gasteiger partial charge in [0.2, 0.25) is 0 Å². The van der Waals surface area contributed by atoms with E-state index < -0.39 is 0 Å². The number of nitrogens with one attached hydrogen (secondary N) is 1. The van der Waals surface area contributed by atoms with Gasteiger partial charge in [-0.05, 0) is 48.4 Å². The van der Waals surface area contributed by atoms with Gasteiger partial charge < -0.3 is 10.7 Å². The number of aromatic amines is 1. The fourth-order valence-corrected chi connectivity index (χ4v) is 4.90. The first kappa shape index (κ1) is 18.8. The summed E-state index contributed by atoms with van der Waals surface area (Å²) in [5.74, 6) is 0.600. The van der Waals surface area contributed by atoms with Gasteiger partial charge in [0, 0.05) is 46.2 Å². The number of hydrogen-bond acceptors (Lipinski definition) is 5. The van der Waals surface area contributed by atoms with Crippen molar-refractivity contribution < 1.29 is 0 Å². The normalized spacial score (nSPS) is 13.9. The second kappa shape index (κ2) is 7.89. The van der Waals surface area contributed by atoms with E-state index in [9.17, 15) is 4.79 Å². The van der Waals surface area contributed by atoms with Crippen LogP contribution in [-0.2, 0) is 19.5 Å². The number of rotatable bonds is 4. The van der Waals surface area contributed by atoms with E-state index in [4.69, 9.17) is 10.7 Å². The molecule has 3 N–H and O–H groups in total. The standard InChI is InChI=1S/C24H22N4OS/c25-18-8-6-17(7-9-18)23-26-21-15-28(13-12-20(21)24(29)27-23)14-19-10-11-22(30-19)16-4-2-1-3-5-16/h1-11H,12-15,25H2,(H,26,27,29). The highest BCUT2D eigenvalue weighted by molar-refractivity contribution is 7.15. The average molecular weight is 415 g/mol. The molecule has 6 heteroatoms. The van der Waals surface area contributed by atoms with Crippen molar-refractivity contribution in [3.05, 3.63) is 93.2 Å². The summed E-state index contributed by atoms with van der Waals surface area (Å²) in [7, 11) is 0. The lowest BCUT2D eigenvalue weighted by molar-refractivity contribution is 0.242. The second-order valence-electron chi connectivity index (χ2n) is 7.55. The van der Waals surface area contributed by atoms with Crippen LogP contribution < -0.4 is 11.3 Å². The van der Waals surface area contributed by atoms with Crippen molar-refractivity contribution in [3.63, 3.8) is 0 Å². The van der Waals surface area contributed by atoms with Crippen LogP contribution in [0.5, 0.6) is 0 Å². The lowest BCUT2D eigenvalue weighted by Gasteiger charge is -2.27. The highest BCUT2D eigenvalue weighted by Crippen LogP contribution is 2.29. The van der Waals surface area contributed by atoms with E-state index in [2.05, 4.69) is 46.3 Å². The summed E-state index contributed by atoms with van der Waals surface area (Å²) >= 11 is 1.82. The van der Waals surface area contributed by atoms with Gasteiger partial charge in [-0.2, -0.15) is 0 Å². The molecule has 2 aromatic carbocycles. The molecule has 1 aliphatic heterocycles. The Kier molecular flexibility index (Phi) is 4.94. The van der Waals surface area contributed by atoms with E-state index in [1.165, 1.54) is 15.3 Å². The molecule has 150 valence electrons. The van der Waals surface area contributed by atoms with Gasteiger partial charge in [0.15, 0.2) is 0 Å². The maximum atomic E-state index is 12.6. The Morgan fingerprint density at radius 1 is 1.00 bits per heavy atom. The highest BCUT2D eigenvalue weighted by atomic mass is 32.1. The van der Waals surface area contributed by atoms with Gasteiger partial charge in [-0.1, -0.05) is 30.3 Å². The van der Waals surface area contributed by atoms with Crippen molar-refractivity contribution in [2.75, 3.05) is 12.3 Å². The molecule has 4 aromatic rings. The van der Waals surface area contributed by atoms with Crippen molar-refractivity contribution in [2.24, 2.45) is 0 Å². The summed E-state index contributed by atoms with van der Waals surface area (Å²) < 4.78 is 0. The lowest BCUT2D eigenvalue weighted by atomic mass is 10.1. The number of nitrogen functional groups attached to an aromatic ring is 1. The first-order valence-corrected chi connectivity index (χ1v) is 10.8. The van der Waals surface area contributed by atoms with Crippen molar-refractivity contribution in [3.8, 4) is 21.8 Å². The van der Waals surface area contributed by atoms with Crippen LogP contribution in [-0.4, -0.2) is 21.4 Å².